The molecule has 0 radical (unpaired) electrons. The summed E-state index contributed by atoms with van der Waals surface area (Å²) in [5, 5.41) is 61.8. The first-order valence-electron chi connectivity index (χ1n) is 16.8. The van der Waals surface area contributed by atoms with Crippen molar-refractivity contribution in [1.29, 1.82) is 31.6 Å². The average molecular weight is 685 g/mol. The van der Waals surface area contributed by atoms with Crippen LogP contribution in [0.5, 0.6) is 0 Å². The van der Waals surface area contributed by atoms with Crippen LogP contribution in [-0.4, -0.2) is 0 Å². The molecule has 0 saturated heterocycles. The van der Waals surface area contributed by atoms with Crippen molar-refractivity contribution in [2.75, 3.05) is 0 Å². The van der Waals surface area contributed by atoms with Crippen LogP contribution in [0.3, 0.4) is 0 Å². The van der Waals surface area contributed by atoms with Crippen molar-refractivity contribution < 1.29 is 0 Å². The van der Waals surface area contributed by atoms with E-state index >= 15 is 0 Å². The predicted molar refractivity (Wildman–Crippen MR) is 207 cm³/mol. The molecule has 0 fully saturated rings. The Labute approximate surface area is 312 Å². The Morgan fingerprint density at radius 1 is 0.259 bits per heavy atom. The summed E-state index contributed by atoms with van der Waals surface area (Å²) in [6.45, 7) is 0. The Kier molecular flexibility index (Phi) is 9.28. The van der Waals surface area contributed by atoms with E-state index in [9.17, 15) is 31.6 Å². The van der Waals surface area contributed by atoms with Gasteiger partial charge in [0.2, 0.25) is 0 Å². The van der Waals surface area contributed by atoms with Gasteiger partial charge in [-0.25, -0.2) is 0 Å². The maximum atomic E-state index is 10.6. The Bertz CT molecular complexity index is 2570. The molecule has 0 unspecified atom stereocenters. The van der Waals surface area contributed by atoms with Crippen molar-refractivity contribution in [3.63, 3.8) is 0 Å². The van der Waals surface area contributed by atoms with Crippen LogP contribution in [0.1, 0.15) is 33.4 Å². The van der Waals surface area contributed by atoms with Gasteiger partial charge in [-0.2, -0.15) is 31.6 Å². The van der Waals surface area contributed by atoms with Crippen molar-refractivity contribution in [1.82, 2.24) is 0 Å². The number of nitriles is 6. The van der Waals surface area contributed by atoms with Gasteiger partial charge in [-0.3, -0.25) is 0 Å². The summed E-state index contributed by atoms with van der Waals surface area (Å²) in [6, 6.07) is 57.2. The lowest BCUT2D eigenvalue weighted by Gasteiger charge is -2.29. The van der Waals surface area contributed by atoms with Gasteiger partial charge in [0.25, 0.3) is 0 Å². The standard InChI is InChI=1S/C48H24N6/c49-25-31-9-5-15-35(21-31)43-45(37-17-7-11-33(23-37)27-51)48(42-20-4-2-14-40(42)30-54)46(38-18-8-12-34(24-38)28-52)44(36-16-6-10-32(22-36)26-50)47(43)41-19-3-1-13-39(41)29-53/h1-24H. The zero-order chi connectivity index (χ0) is 37.6. The first kappa shape index (κ1) is 34.0. The van der Waals surface area contributed by atoms with Gasteiger partial charge >= 0.3 is 0 Å². The number of benzene rings is 7. The largest absolute Gasteiger partial charge is 0.192 e. The molecular formula is C48H24N6. The van der Waals surface area contributed by atoms with Crippen LogP contribution in [0, 0.1) is 68.0 Å². The molecule has 6 nitrogen and oxygen atoms in total. The molecule has 0 aliphatic heterocycles. The Morgan fingerprint density at radius 2 is 0.537 bits per heavy atom. The zero-order valence-electron chi connectivity index (χ0n) is 28.5. The van der Waals surface area contributed by atoms with Crippen LogP contribution in [0.25, 0.3) is 66.8 Å². The molecule has 0 aliphatic carbocycles. The molecule has 0 atom stereocenters. The number of rotatable bonds is 6. The molecular weight excluding hydrogens is 661 g/mol. The molecule has 0 bridgehead atoms. The van der Waals surface area contributed by atoms with E-state index in [1.165, 1.54) is 0 Å². The molecule has 7 aromatic carbocycles. The van der Waals surface area contributed by atoms with E-state index in [4.69, 9.17) is 0 Å². The van der Waals surface area contributed by atoms with Gasteiger partial charge in [0.1, 0.15) is 0 Å². The van der Waals surface area contributed by atoms with Crippen molar-refractivity contribution in [2.24, 2.45) is 0 Å². The molecule has 246 valence electrons. The molecule has 54 heavy (non-hydrogen) atoms. The number of hydrogen-bond donors (Lipinski definition) is 0. The molecule has 6 heteroatoms. The highest BCUT2D eigenvalue weighted by Gasteiger charge is 2.31. The fourth-order valence-electron chi connectivity index (χ4n) is 7.02. The van der Waals surface area contributed by atoms with E-state index in [0.717, 1.165) is 0 Å². The van der Waals surface area contributed by atoms with Crippen LogP contribution in [0.15, 0.2) is 146 Å². The number of hydrogen-bond acceptors (Lipinski definition) is 6. The van der Waals surface area contributed by atoms with E-state index in [0.29, 0.717) is 100 Å². The second kappa shape index (κ2) is 14.8. The summed E-state index contributed by atoms with van der Waals surface area (Å²) < 4.78 is 0. The Morgan fingerprint density at radius 3 is 0.796 bits per heavy atom. The Hall–Kier alpha value is -8.52. The van der Waals surface area contributed by atoms with E-state index in [2.05, 4.69) is 36.4 Å². The van der Waals surface area contributed by atoms with Crippen molar-refractivity contribution in [3.05, 3.63) is 179 Å². The predicted octanol–water partition coefficient (Wildman–Crippen LogP) is 10.9. The summed E-state index contributed by atoms with van der Waals surface area (Å²) in [5.41, 5.74) is 10.0. The topological polar surface area (TPSA) is 143 Å². The SMILES string of the molecule is N#Cc1cccc(-c2c(-c3cccc(C#N)c3)c(-c3ccccc3C#N)c(-c3cccc(C#N)c3)c(-c3cccc(C#N)c3)c2-c2ccccc2C#N)c1. The molecule has 0 amide bonds. The van der Waals surface area contributed by atoms with E-state index in [-0.39, 0.29) is 0 Å². The third kappa shape index (κ3) is 6.09. The van der Waals surface area contributed by atoms with Crippen LogP contribution < -0.4 is 0 Å². The molecule has 0 heterocycles. The molecule has 0 aliphatic rings. The van der Waals surface area contributed by atoms with Gasteiger partial charge < -0.3 is 0 Å². The van der Waals surface area contributed by atoms with Crippen LogP contribution >= 0.6 is 0 Å². The highest BCUT2D eigenvalue weighted by molar-refractivity contribution is 6.16. The monoisotopic (exact) mass is 684 g/mol. The van der Waals surface area contributed by atoms with Crippen molar-refractivity contribution >= 4 is 0 Å². The van der Waals surface area contributed by atoms with Crippen LogP contribution in [0.2, 0.25) is 0 Å². The van der Waals surface area contributed by atoms with Gasteiger partial charge in [0.15, 0.2) is 0 Å². The third-order valence-electron chi connectivity index (χ3n) is 9.26. The Balaban J connectivity index is 1.92. The summed E-state index contributed by atoms with van der Waals surface area (Å²) in [6.07, 6.45) is 0. The minimum atomic E-state index is 0.381. The van der Waals surface area contributed by atoms with Gasteiger partial charge in [-0.15, -0.1) is 0 Å². The van der Waals surface area contributed by atoms with Crippen molar-refractivity contribution in [3.8, 4) is 103 Å². The zero-order valence-corrected chi connectivity index (χ0v) is 28.5. The highest BCUT2D eigenvalue weighted by atomic mass is 14.4. The summed E-state index contributed by atoms with van der Waals surface area (Å²) in [5.74, 6) is 0. The van der Waals surface area contributed by atoms with Crippen LogP contribution in [-0.2, 0) is 0 Å². The second-order valence-electron chi connectivity index (χ2n) is 12.3. The first-order valence-corrected chi connectivity index (χ1v) is 16.8. The normalized spacial score (nSPS) is 10.1. The van der Waals surface area contributed by atoms with Gasteiger partial charge in [0.05, 0.1) is 69.8 Å². The van der Waals surface area contributed by atoms with E-state index in [1.807, 2.05) is 48.5 Å². The maximum absolute atomic E-state index is 10.6. The third-order valence-corrected chi connectivity index (χ3v) is 9.26. The van der Waals surface area contributed by atoms with E-state index < -0.39 is 0 Å². The van der Waals surface area contributed by atoms with Crippen molar-refractivity contribution in [2.45, 2.75) is 0 Å². The fourth-order valence-corrected chi connectivity index (χ4v) is 7.02. The molecule has 0 spiro atoms. The molecule has 7 aromatic rings. The van der Waals surface area contributed by atoms with Gasteiger partial charge in [0, 0.05) is 11.1 Å². The lowest BCUT2D eigenvalue weighted by molar-refractivity contribution is 1.44. The second-order valence-corrected chi connectivity index (χ2v) is 12.3. The molecule has 0 aromatic heterocycles. The number of nitrogens with zero attached hydrogens (tertiary/aromatic N) is 6. The lowest BCUT2D eigenvalue weighted by Crippen LogP contribution is -2.04. The smallest absolute Gasteiger partial charge is 0.0998 e. The average Bonchev–Trinajstić information content (AvgIpc) is 3.25. The van der Waals surface area contributed by atoms with Gasteiger partial charge in [-0.05, 0) is 116 Å². The quantitative estimate of drug-likeness (QED) is 0.170. The highest BCUT2D eigenvalue weighted by Crippen LogP contribution is 2.56. The first-order chi connectivity index (χ1) is 26.5. The van der Waals surface area contributed by atoms with E-state index in [1.54, 1.807) is 97.1 Å². The molecule has 0 saturated carbocycles. The van der Waals surface area contributed by atoms with Crippen LogP contribution in [0.4, 0.5) is 0 Å². The summed E-state index contributed by atoms with van der Waals surface area (Å²) >= 11 is 0. The maximum Gasteiger partial charge on any atom is 0.0998 e. The lowest BCUT2D eigenvalue weighted by atomic mass is 9.73. The molecule has 7 rings (SSSR count). The molecule has 0 N–H and O–H groups in total. The summed E-state index contributed by atoms with van der Waals surface area (Å²) in [7, 11) is 0. The minimum absolute atomic E-state index is 0.381. The fraction of sp³-hybridized carbons (Fsp3) is 0. The van der Waals surface area contributed by atoms with Gasteiger partial charge in [-0.1, -0.05) is 84.9 Å². The minimum Gasteiger partial charge on any atom is -0.192 e. The summed E-state index contributed by atoms with van der Waals surface area (Å²) in [4.78, 5) is 0.